The molecule has 0 spiro atoms. The Morgan fingerprint density at radius 2 is 2.14 bits per heavy atom. The van der Waals surface area contributed by atoms with Crippen molar-refractivity contribution in [2.75, 3.05) is 6.54 Å². The first kappa shape index (κ1) is 15.2. The number of carbonyl (C=O) groups excluding carboxylic acids is 1. The molecule has 22 heavy (non-hydrogen) atoms. The van der Waals surface area contributed by atoms with Gasteiger partial charge in [0, 0.05) is 12.6 Å². The summed E-state index contributed by atoms with van der Waals surface area (Å²) < 4.78 is 38.9. The molecule has 120 valence electrons. The zero-order chi connectivity index (χ0) is 15.9. The van der Waals surface area contributed by atoms with Crippen LogP contribution in [0.25, 0.3) is 4.96 Å². The number of carbonyl (C=O) groups is 1. The van der Waals surface area contributed by atoms with E-state index in [0.29, 0.717) is 11.1 Å². The van der Waals surface area contributed by atoms with E-state index >= 15 is 0 Å². The molecule has 1 saturated heterocycles. The SMILES string of the molecule is CCC1CCCCN1C(=O)c1nn2c(C(F)(F)F)nnc2s1. The average Bonchev–Trinajstić information content (AvgIpc) is 3.05. The van der Waals surface area contributed by atoms with Crippen molar-refractivity contribution in [3.63, 3.8) is 0 Å². The first-order chi connectivity index (χ1) is 10.4. The van der Waals surface area contributed by atoms with Gasteiger partial charge < -0.3 is 4.90 Å². The molecule has 0 aliphatic carbocycles. The van der Waals surface area contributed by atoms with Crippen LogP contribution in [0.5, 0.6) is 0 Å². The minimum Gasteiger partial charge on any atom is -0.334 e. The van der Waals surface area contributed by atoms with Crippen LogP contribution in [0, 0.1) is 0 Å². The molecule has 0 saturated carbocycles. The van der Waals surface area contributed by atoms with Gasteiger partial charge in [0.15, 0.2) is 0 Å². The summed E-state index contributed by atoms with van der Waals surface area (Å²) in [5.74, 6) is -1.53. The molecule has 1 amide bonds. The zero-order valence-corrected chi connectivity index (χ0v) is 12.6. The van der Waals surface area contributed by atoms with Gasteiger partial charge in [0.05, 0.1) is 0 Å². The number of hydrogen-bond acceptors (Lipinski definition) is 5. The van der Waals surface area contributed by atoms with Crippen molar-refractivity contribution >= 4 is 22.2 Å². The number of amides is 1. The molecule has 10 heteroatoms. The molecular formula is C12H14F3N5OS. The smallest absolute Gasteiger partial charge is 0.334 e. The monoisotopic (exact) mass is 333 g/mol. The van der Waals surface area contributed by atoms with Gasteiger partial charge in [-0.25, -0.2) is 0 Å². The summed E-state index contributed by atoms with van der Waals surface area (Å²) in [6.45, 7) is 2.61. The Bertz CT molecular complexity index is 695. The van der Waals surface area contributed by atoms with Crippen molar-refractivity contribution in [2.45, 2.75) is 44.8 Å². The van der Waals surface area contributed by atoms with Crippen molar-refractivity contribution in [3.8, 4) is 0 Å². The summed E-state index contributed by atoms with van der Waals surface area (Å²) in [5.41, 5.74) is 0. The normalized spacial score (nSPS) is 19.8. The second-order valence-electron chi connectivity index (χ2n) is 5.18. The Labute approximate surface area is 127 Å². The molecule has 0 N–H and O–H groups in total. The quantitative estimate of drug-likeness (QED) is 0.847. The number of piperidine rings is 1. The van der Waals surface area contributed by atoms with E-state index in [1.807, 2.05) is 6.92 Å². The van der Waals surface area contributed by atoms with Gasteiger partial charge in [-0.2, -0.15) is 17.7 Å². The topological polar surface area (TPSA) is 63.4 Å². The zero-order valence-electron chi connectivity index (χ0n) is 11.8. The number of rotatable bonds is 2. The van der Waals surface area contributed by atoms with Crippen molar-refractivity contribution < 1.29 is 18.0 Å². The molecule has 0 aromatic carbocycles. The molecule has 3 heterocycles. The van der Waals surface area contributed by atoms with Crippen LogP contribution in [-0.4, -0.2) is 43.2 Å². The molecule has 3 rings (SSSR count). The van der Waals surface area contributed by atoms with Gasteiger partial charge in [-0.3, -0.25) is 4.79 Å². The lowest BCUT2D eigenvalue weighted by atomic mass is 10.00. The third-order valence-electron chi connectivity index (χ3n) is 3.79. The van der Waals surface area contributed by atoms with E-state index in [4.69, 9.17) is 0 Å². The van der Waals surface area contributed by atoms with Crippen LogP contribution < -0.4 is 0 Å². The van der Waals surface area contributed by atoms with Gasteiger partial charge in [0.1, 0.15) is 0 Å². The maximum absolute atomic E-state index is 12.8. The van der Waals surface area contributed by atoms with Crippen molar-refractivity contribution in [2.24, 2.45) is 0 Å². The summed E-state index contributed by atoms with van der Waals surface area (Å²) in [6.07, 6.45) is -0.944. The van der Waals surface area contributed by atoms with E-state index in [1.54, 1.807) is 4.90 Å². The maximum Gasteiger partial charge on any atom is 0.453 e. The molecule has 2 aromatic rings. The Kier molecular flexibility index (Phi) is 3.79. The summed E-state index contributed by atoms with van der Waals surface area (Å²) in [7, 11) is 0. The van der Waals surface area contributed by atoms with E-state index in [-0.39, 0.29) is 21.9 Å². The van der Waals surface area contributed by atoms with Gasteiger partial charge in [-0.1, -0.05) is 18.3 Å². The minimum atomic E-state index is -4.65. The summed E-state index contributed by atoms with van der Waals surface area (Å²) in [6, 6.07) is 0.123. The van der Waals surface area contributed by atoms with Gasteiger partial charge in [0.25, 0.3) is 11.7 Å². The highest BCUT2D eigenvalue weighted by Gasteiger charge is 2.39. The van der Waals surface area contributed by atoms with Gasteiger partial charge >= 0.3 is 6.18 Å². The van der Waals surface area contributed by atoms with Crippen molar-refractivity contribution in [3.05, 3.63) is 10.8 Å². The fourth-order valence-electron chi connectivity index (χ4n) is 2.70. The predicted octanol–water partition coefficient (Wildman–Crippen LogP) is 2.61. The standard InChI is InChI=1S/C12H14F3N5OS/c1-2-7-5-3-4-6-19(7)9(21)8-18-20-10(12(13,14)15)16-17-11(20)22-8/h7H,2-6H2,1H3. The van der Waals surface area contributed by atoms with Gasteiger partial charge in [-0.15, -0.1) is 15.3 Å². The predicted molar refractivity (Wildman–Crippen MR) is 72.6 cm³/mol. The largest absolute Gasteiger partial charge is 0.453 e. The lowest BCUT2D eigenvalue weighted by molar-refractivity contribution is -0.146. The molecule has 1 unspecified atom stereocenters. The van der Waals surface area contributed by atoms with E-state index in [9.17, 15) is 18.0 Å². The third kappa shape index (κ3) is 2.55. The van der Waals surface area contributed by atoms with Crippen LogP contribution in [-0.2, 0) is 6.18 Å². The lowest BCUT2D eigenvalue weighted by Gasteiger charge is -2.34. The molecule has 6 nitrogen and oxygen atoms in total. The number of aromatic nitrogens is 4. The minimum absolute atomic E-state index is 0.0238. The highest BCUT2D eigenvalue weighted by molar-refractivity contribution is 7.18. The Balaban J connectivity index is 1.93. The molecule has 0 radical (unpaired) electrons. The third-order valence-corrected chi connectivity index (χ3v) is 4.67. The Hall–Kier alpha value is -1.71. The molecule has 2 aromatic heterocycles. The van der Waals surface area contributed by atoms with Crippen LogP contribution in [0.4, 0.5) is 13.2 Å². The first-order valence-corrected chi connectivity index (χ1v) is 7.84. The summed E-state index contributed by atoms with van der Waals surface area (Å²) in [4.78, 5) is 14.2. The molecule has 1 fully saturated rings. The number of fused-ring (bicyclic) bond motifs is 1. The fourth-order valence-corrected chi connectivity index (χ4v) is 3.49. The fraction of sp³-hybridized carbons (Fsp3) is 0.667. The highest BCUT2D eigenvalue weighted by atomic mass is 32.1. The number of halogens is 3. The molecular weight excluding hydrogens is 319 g/mol. The van der Waals surface area contributed by atoms with E-state index in [0.717, 1.165) is 37.0 Å². The number of likely N-dealkylation sites (tertiary alicyclic amines) is 1. The van der Waals surface area contributed by atoms with Crippen molar-refractivity contribution in [1.29, 1.82) is 0 Å². The van der Waals surface area contributed by atoms with Crippen LogP contribution in [0.1, 0.15) is 48.2 Å². The van der Waals surface area contributed by atoms with Crippen LogP contribution in [0.2, 0.25) is 0 Å². The number of nitrogens with zero attached hydrogens (tertiary/aromatic N) is 5. The average molecular weight is 333 g/mol. The van der Waals surface area contributed by atoms with Gasteiger partial charge in [0.2, 0.25) is 9.97 Å². The number of hydrogen-bond donors (Lipinski definition) is 0. The van der Waals surface area contributed by atoms with Gasteiger partial charge in [-0.05, 0) is 25.7 Å². The Morgan fingerprint density at radius 3 is 2.82 bits per heavy atom. The molecule has 0 bridgehead atoms. The summed E-state index contributed by atoms with van der Waals surface area (Å²) >= 11 is 0.836. The highest BCUT2D eigenvalue weighted by Crippen LogP contribution is 2.30. The second kappa shape index (κ2) is 5.49. The van der Waals surface area contributed by atoms with Crippen LogP contribution in [0.3, 0.4) is 0 Å². The first-order valence-electron chi connectivity index (χ1n) is 7.02. The number of alkyl halides is 3. The van der Waals surface area contributed by atoms with E-state index in [2.05, 4.69) is 15.3 Å². The molecule has 1 atom stereocenters. The second-order valence-corrected chi connectivity index (χ2v) is 6.14. The van der Waals surface area contributed by atoms with Crippen LogP contribution in [0.15, 0.2) is 0 Å². The van der Waals surface area contributed by atoms with Crippen LogP contribution >= 0.6 is 11.3 Å². The molecule has 1 aliphatic rings. The molecule has 1 aliphatic heterocycles. The maximum atomic E-state index is 12.8. The summed E-state index contributed by atoms with van der Waals surface area (Å²) in [5, 5.41) is 10.3. The van der Waals surface area contributed by atoms with E-state index in [1.165, 1.54) is 0 Å². The van der Waals surface area contributed by atoms with E-state index < -0.39 is 12.0 Å². The Morgan fingerprint density at radius 1 is 1.36 bits per heavy atom. The lowest BCUT2D eigenvalue weighted by Crippen LogP contribution is -2.43. The van der Waals surface area contributed by atoms with Crippen molar-refractivity contribution in [1.82, 2.24) is 24.7 Å².